The third-order valence-electron chi connectivity index (χ3n) is 4.83. The average molecular weight is 418 g/mol. The molecule has 136 valence electrons. The van der Waals surface area contributed by atoms with E-state index in [0.717, 1.165) is 23.7 Å². The monoisotopic (exact) mass is 417 g/mol. The van der Waals surface area contributed by atoms with Gasteiger partial charge in [-0.3, -0.25) is 0 Å². The van der Waals surface area contributed by atoms with E-state index in [1.807, 2.05) is 12.1 Å². The van der Waals surface area contributed by atoms with E-state index in [0.29, 0.717) is 6.54 Å². The molecule has 0 spiro atoms. The third-order valence-corrected chi connectivity index (χ3v) is 5.36. The van der Waals surface area contributed by atoms with E-state index in [2.05, 4.69) is 33.4 Å². The lowest BCUT2D eigenvalue weighted by atomic mass is 9.64. The second-order valence-electron chi connectivity index (χ2n) is 6.37. The summed E-state index contributed by atoms with van der Waals surface area (Å²) in [4.78, 5) is 24.0. The number of para-hydroxylation sites is 1. The molecule has 6 heteroatoms. The fourth-order valence-corrected chi connectivity index (χ4v) is 3.45. The average Bonchev–Trinajstić information content (AvgIpc) is 2.62. The van der Waals surface area contributed by atoms with Crippen LogP contribution in [0, 0.1) is 0 Å². The second kappa shape index (κ2) is 7.91. The molecule has 0 heterocycles. The molecule has 0 atom stereocenters. The zero-order chi connectivity index (χ0) is 18.6. The summed E-state index contributed by atoms with van der Waals surface area (Å²) in [6, 6.07) is 14.7. The van der Waals surface area contributed by atoms with E-state index in [1.54, 1.807) is 24.3 Å². The Hall–Kier alpha value is -2.34. The summed E-state index contributed by atoms with van der Waals surface area (Å²) in [6.07, 6.45) is 2.60. The van der Waals surface area contributed by atoms with Crippen LogP contribution in [0.15, 0.2) is 53.0 Å². The number of nitrogens with one attached hydrogen (secondary N) is 1. The lowest BCUT2D eigenvalue weighted by molar-refractivity contribution is 0.0597. The maximum atomic E-state index is 12.3. The van der Waals surface area contributed by atoms with Crippen molar-refractivity contribution in [3.63, 3.8) is 0 Å². The van der Waals surface area contributed by atoms with Gasteiger partial charge in [0.25, 0.3) is 0 Å². The summed E-state index contributed by atoms with van der Waals surface area (Å²) in [6.45, 7) is 0.494. The van der Waals surface area contributed by atoms with E-state index in [1.165, 1.54) is 12.7 Å². The second-order valence-corrected chi connectivity index (χ2v) is 7.29. The lowest BCUT2D eigenvalue weighted by Crippen LogP contribution is -2.46. The van der Waals surface area contributed by atoms with Crippen molar-refractivity contribution in [1.29, 1.82) is 0 Å². The molecule has 0 aliphatic heterocycles. The van der Waals surface area contributed by atoms with Crippen molar-refractivity contribution in [3.05, 3.63) is 64.1 Å². The summed E-state index contributed by atoms with van der Waals surface area (Å²) in [7, 11) is 1.29. The third kappa shape index (κ3) is 3.90. The summed E-state index contributed by atoms with van der Waals surface area (Å²) >= 11 is 3.45. The van der Waals surface area contributed by atoms with Gasteiger partial charge in [0, 0.05) is 16.4 Å². The van der Waals surface area contributed by atoms with Crippen molar-refractivity contribution in [3.8, 4) is 5.75 Å². The standard InChI is InChI=1S/C20H20BrNO4/c1-25-18(23)16-5-2-3-6-17(16)26-19(24)22-13-20(11-4-12-20)14-7-9-15(21)10-8-14/h2-3,5-10H,4,11-13H2,1H3,(H,22,24). The maximum absolute atomic E-state index is 12.3. The van der Waals surface area contributed by atoms with Gasteiger partial charge >= 0.3 is 12.1 Å². The summed E-state index contributed by atoms with van der Waals surface area (Å²) in [5.41, 5.74) is 1.38. The fourth-order valence-electron chi connectivity index (χ4n) is 3.19. The number of benzene rings is 2. The highest BCUT2D eigenvalue weighted by molar-refractivity contribution is 9.10. The predicted molar refractivity (Wildman–Crippen MR) is 101 cm³/mol. The molecule has 1 N–H and O–H groups in total. The van der Waals surface area contributed by atoms with Crippen molar-refractivity contribution in [2.24, 2.45) is 0 Å². The fraction of sp³-hybridized carbons (Fsp3) is 0.300. The first-order valence-corrected chi connectivity index (χ1v) is 9.22. The van der Waals surface area contributed by atoms with Crippen LogP contribution >= 0.6 is 15.9 Å². The van der Waals surface area contributed by atoms with Crippen molar-refractivity contribution < 1.29 is 19.1 Å². The number of rotatable bonds is 5. The van der Waals surface area contributed by atoms with Gasteiger partial charge < -0.3 is 14.8 Å². The molecule has 0 bridgehead atoms. The van der Waals surface area contributed by atoms with Crippen LogP contribution in [-0.4, -0.2) is 25.7 Å². The van der Waals surface area contributed by atoms with Crippen LogP contribution < -0.4 is 10.1 Å². The molecule has 2 aromatic carbocycles. The van der Waals surface area contributed by atoms with Gasteiger partial charge in [0.05, 0.1) is 7.11 Å². The normalized spacial score (nSPS) is 14.8. The number of halogens is 1. The van der Waals surface area contributed by atoms with Gasteiger partial charge in [-0.15, -0.1) is 0 Å². The minimum Gasteiger partial charge on any atom is -0.465 e. The van der Waals surface area contributed by atoms with Crippen molar-refractivity contribution in [2.45, 2.75) is 24.7 Å². The Labute approximate surface area is 160 Å². The zero-order valence-corrected chi connectivity index (χ0v) is 16.0. The van der Waals surface area contributed by atoms with Gasteiger partial charge in [0.1, 0.15) is 11.3 Å². The van der Waals surface area contributed by atoms with Gasteiger partial charge in [0.2, 0.25) is 0 Å². The van der Waals surface area contributed by atoms with E-state index in [-0.39, 0.29) is 16.7 Å². The van der Waals surface area contributed by atoms with Crippen molar-refractivity contribution in [1.82, 2.24) is 5.32 Å². The Morgan fingerprint density at radius 2 is 1.81 bits per heavy atom. The van der Waals surface area contributed by atoms with Gasteiger partial charge in [-0.1, -0.05) is 46.6 Å². The van der Waals surface area contributed by atoms with E-state index in [9.17, 15) is 9.59 Å². The lowest BCUT2D eigenvalue weighted by Gasteiger charge is -2.42. The first-order chi connectivity index (χ1) is 12.5. The van der Waals surface area contributed by atoms with Crippen LogP contribution in [-0.2, 0) is 10.2 Å². The van der Waals surface area contributed by atoms with Gasteiger partial charge in [-0.2, -0.15) is 0 Å². The first-order valence-electron chi connectivity index (χ1n) is 8.43. The molecular formula is C20H20BrNO4. The van der Waals surface area contributed by atoms with Gasteiger partial charge in [-0.25, -0.2) is 9.59 Å². The molecule has 1 amide bonds. The number of methoxy groups -OCH3 is 1. The Morgan fingerprint density at radius 3 is 2.42 bits per heavy atom. The van der Waals surface area contributed by atoms with Crippen molar-refractivity contribution in [2.75, 3.05) is 13.7 Å². The summed E-state index contributed by atoms with van der Waals surface area (Å²) in [5.74, 6) is -0.359. The minimum absolute atomic E-state index is 0.0540. The largest absolute Gasteiger partial charge is 0.465 e. The number of hydrogen-bond donors (Lipinski definition) is 1. The van der Waals surface area contributed by atoms with Crippen LogP contribution in [0.4, 0.5) is 4.79 Å². The van der Waals surface area contributed by atoms with E-state index < -0.39 is 12.1 Å². The number of esters is 1. The number of ether oxygens (including phenoxy) is 2. The number of carbonyl (C=O) groups excluding carboxylic acids is 2. The predicted octanol–water partition coefficient (Wildman–Crippen LogP) is 4.45. The number of amides is 1. The zero-order valence-electron chi connectivity index (χ0n) is 14.5. The Bertz CT molecular complexity index is 800. The number of carbonyl (C=O) groups is 2. The molecule has 0 saturated heterocycles. The van der Waals surface area contributed by atoms with Crippen LogP contribution in [0.3, 0.4) is 0 Å². The highest BCUT2D eigenvalue weighted by Crippen LogP contribution is 2.43. The maximum Gasteiger partial charge on any atom is 0.412 e. The molecule has 3 rings (SSSR count). The summed E-state index contributed by atoms with van der Waals surface area (Å²) < 4.78 is 11.1. The van der Waals surface area contributed by atoms with Crippen LogP contribution in [0.25, 0.3) is 0 Å². The van der Waals surface area contributed by atoms with Crippen molar-refractivity contribution >= 4 is 28.0 Å². The smallest absolute Gasteiger partial charge is 0.412 e. The van der Waals surface area contributed by atoms with E-state index in [4.69, 9.17) is 9.47 Å². The highest BCUT2D eigenvalue weighted by atomic mass is 79.9. The molecule has 1 saturated carbocycles. The molecule has 26 heavy (non-hydrogen) atoms. The Balaban J connectivity index is 1.66. The summed E-state index contributed by atoms with van der Waals surface area (Å²) in [5, 5.41) is 2.85. The van der Waals surface area contributed by atoms with Gasteiger partial charge in [-0.05, 0) is 42.7 Å². The SMILES string of the molecule is COC(=O)c1ccccc1OC(=O)NCC1(c2ccc(Br)cc2)CCC1. The Kier molecular flexibility index (Phi) is 5.61. The molecule has 0 radical (unpaired) electrons. The molecule has 0 unspecified atom stereocenters. The highest BCUT2D eigenvalue weighted by Gasteiger charge is 2.39. The molecule has 1 fully saturated rings. The molecule has 1 aliphatic rings. The molecule has 0 aromatic heterocycles. The van der Waals surface area contributed by atoms with E-state index >= 15 is 0 Å². The quantitative estimate of drug-likeness (QED) is 0.729. The minimum atomic E-state index is -0.579. The molecule has 5 nitrogen and oxygen atoms in total. The molecule has 1 aliphatic carbocycles. The topological polar surface area (TPSA) is 64.6 Å². The Morgan fingerprint density at radius 1 is 1.12 bits per heavy atom. The van der Waals surface area contributed by atoms with Crippen LogP contribution in [0.5, 0.6) is 5.75 Å². The number of hydrogen-bond acceptors (Lipinski definition) is 4. The van der Waals surface area contributed by atoms with Crippen LogP contribution in [0.2, 0.25) is 0 Å². The van der Waals surface area contributed by atoms with Gasteiger partial charge in [0.15, 0.2) is 0 Å². The van der Waals surface area contributed by atoms with Crippen LogP contribution in [0.1, 0.15) is 35.2 Å². The first kappa shape index (κ1) is 18.5. The molecular weight excluding hydrogens is 398 g/mol. The molecule has 2 aromatic rings.